The molecule has 1 aromatic carbocycles. The van der Waals surface area contributed by atoms with E-state index in [1.165, 1.54) is 0 Å². The fourth-order valence-corrected chi connectivity index (χ4v) is 2.22. The van der Waals surface area contributed by atoms with Crippen molar-refractivity contribution < 1.29 is 4.79 Å². The molecule has 0 aliphatic carbocycles. The number of hydrogen-bond acceptors (Lipinski definition) is 4. The Morgan fingerprint density at radius 2 is 2.00 bits per heavy atom. The first-order chi connectivity index (χ1) is 8.70. The number of Topliss-reactive ketones (excluding diaryl/α,β-unsaturated/α-hetero) is 1. The van der Waals surface area contributed by atoms with Gasteiger partial charge in [0.1, 0.15) is 0 Å². The zero-order valence-corrected chi connectivity index (χ0v) is 10.9. The number of anilines is 1. The Labute approximate surface area is 108 Å². The molecular formula is C14H21N3O. The first kappa shape index (κ1) is 13.1. The monoisotopic (exact) mass is 247 g/mol. The quantitative estimate of drug-likeness (QED) is 0.806. The molecule has 0 saturated carbocycles. The number of carbonyl (C=O) groups is 1. The van der Waals surface area contributed by atoms with Gasteiger partial charge in [-0.1, -0.05) is 12.1 Å². The van der Waals surface area contributed by atoms with Crippen LogP contribution in [-0.2, 0) is 0 Å². The number of ketones is 1. The SMILES string of the molecule is CN1CCN(c2cccc(C(=O)CCN)c2)CC1. The molecule has 0 amide bonds. The molecule has 1 heterocycles. The Kier molecular flexibility index (Phi) is 4.33. The van der Waals surface area contributed by atoms with E-state index < -0.39 is 0 Å². The molecule has 4 heteroatoms. The highest BCUT2D eigenvalue weighted by Crippen LogP contribution is 2.18. The lowest BCUT2D eigenvalue weighted by Gasteiger charge is -2.34. The summed E-state index contributed by atoms with van der Waals surface area (Å²) in [4.78, 5) is 16.5. The van der Waals surface area contributed by atoms with Crippen molar-refractivity contribution >= 4 is 11.5 Å². The second-order valence-electron chi connectivity index (χ2n) is 4.80. The van der Waals surface area contributed by atoms with Crippen molar-refractivity contribution in [3.63, 3.8) is 0 Å². The third-order valence-corrected chi connectivity index (χ3v) is 3.41. The van der Waals surface area contributed by atoms with E-state index in [2.05, 4.69) is 22.9 Å². The lowest BCUT2D eigenvalue weighted by molar-refractivity contribution is 0.0985. The summed E-state index contributed by atoms with van der Waals surface area (Å²) in [5.74, 6) is 0.133. The summed E-state index contributed by atoms with van der Waals surface area (Å²) in [6.07, 6.45) is 0.423. The van der Waals surface area contributed by atoms with Gasteiger partial charge < -0.3 is 15.5 Å². The summed E-state index contributed by atoms with van der Waals surface area (Å²) >= 11 is 0. The zero-order chi connectivity index (χ0) is 13.0. The van der Waals surface area contributed by atoms with E-state index >= 15 is 0 Å². The molecule has 0 radical (unpaired) electrons. The Bertz CT molecular complexity index is 411. The molecule has 1 aliphatic heterocycles. The van der Waals surface area contributed by atoms with Gasteiger partial charge in [-0.25, -0.2) is 0 Å². The summed E-state index contributed by atoms with van der Waals surface area (Å²) in [5.41, 5.74) is 7.35. The van der Waals surface area contributed by atoms with Gasteiger partial charge in [-0.15, -0.1) is 0 Å². The smallest absolute Gasteiger partial charge is 0.164 e. The van der Waals surface area contributed by atoms with Crippen LogP contribution in [0.2, 0.25) is 0 Å². The Hall–Kier alpha value is -1.39. The van der Waals surface area contributed by atoms with Crippen LogP contribution in [0.4, 0.5) is 5.69 Å². The molecule has 98 valence electrons. The number of carbonyl (C=O) groups excluding carboxylic acids is 1. The predicted molar refractivity (Wildman–Crippen MR) is 74.2 cm³/mol. The molecule has 4 nitrogen and oxygen atoms in total. The largest absolute Gasteiger partial charge is 0.369 e. The van der Waals surface area contributed by atoms with Crippen molar-refractivity contribution in [3.8, 4) is 0 Å². The molecule has 18 heavy (non-hydrogen) atoms. The second-order valence-corrected chi connectivity index (χ2v) is 4.80. The molecule has 1 aliphatic rings. The number of nitrogens with zero attached hydrogens (tertiary/aromatic N) is 2. The van der Waals surface area contributed by atoms with Gasteiger partial charge in [0.25, 0.3) is 0 Å². The Morgan fingerprint density at radius 3 is 2.67 bits per heavy atom. The fourth-order valence-electron chi connectivity index (χ4n) is 2.22. The third-order valence-electron chi connectivity index (χ3n) is 3.41. The van der Waals surface area contributed by atoms with Crippen LogP contribution in [0.25, 0.3) is 0 Å². The number of rotatable bonds is 4. The van der Waals surface area contributed by atoms with Crippen LogP contribution in [-0.4, -0.2) is 50.5 Å². The molecule has 0 bridgehead atoms. The molecule has 1 aromatic rings. The molecule has 0 atom stereocenters. The van der Waals surface area contributed by atoms with Gasteiger partial charge in [0, 0.05) is 43.9 Å². The van der Waals surface area contributed by atoms with Gasteiger partial charge >= 0.3 is 0 Å². The van der Waals surface area contributed by atoms with Crippen LogP contribution >= 0.6 is 0 Å². The number of likely N-dealkylation sites (N-methyl/N-ethyl adjacent to an activating group) is 1. The van der Waals surface area contributed by atoms with Crippen LogP contribution in [0.5, 0.6) is 0 Å². The minimum atomic E-state index is 0.133. The lowest BCUT2D eigenvalue weighted by Crippen LogP contribution is -2.44. The van der Waals surface area contributed by atoms with Crippen molar-refractivity contribution in [1.82, 2.24) is 4.90 Å². The molecule has 0 aromatic heterocycles. The minimum absolute atomic E-state index is 0.133. The van der Waals surface area contributed by atoms with E-state index in [0.717, 1.165) is 37.4 Å². The molecule has 0 spiro atoms. The van der Waals surface area contributed by atoms with E-state index in [1.54, 1.807) is 0 Å². The van der Waals surface area contributed by atoms with E-state index in [9.17, 15) is 4.79 Å². The molecule has 2 rings (SSSR count). The third kappa shape index (κ3) is 3.09. The predicted octanol–water partition coefficient (Wildman–Crippen LogP) is 0.970. The van der Waals surface area contributed by atoms with Crippen LogP contribution in [0, 0.1) is 0 Å². The zero-order valence-electron chi connectivity index (χ0n) is 10.9. The topological polar surface area (TPSA) is 49.6 Å². The first-order valence-corrected chi connectivity index (χ1v) is 6.47. The highest BCUT2D eigenvalue weighted by atomic mass is 16.1. The van der Waals surface area contributed by atoms with Gasteiger partial charge in [0.05, 0.1) is 0 Å². The van der Waals surface area contributed by atoms with Crippen molar-refractivity contribution in [3.05, 3.63) is 29.8 Å². The number of benzene rings is 1. The molecule has 2 N–H and O–H groups in total. The fraction of sp³-hybridized carbons (Fsp3) is 0.500. The first-order valence-electron chi connectivity index (χ1n) is 6.47. The van der Waals surface area contributed by atoms with Crippen LogP contribution in [0.15, 0.2) is 24.3 Å². The average Bonchev–Trinajstić information content (AvgIpc) is 2.40. The van der Waals surface area contributed by atoms with Crippen LogP contribution in [0.3, 0.4) is 0 Å². The number of nitrogens with two attached hydrogens (primary N) is 1. The minimum Gasteiger partial charge on any atom is -0.369 e. The summed E-state index contributed by atoms with van der Waals surface area (Å²) in [7, 11) is 2.14. The van der Waals surface area contributed by atoms with E-state index in [0.29, 0.717) is 13.0 Å². The number of piperazine rings is 1. The Balaban J connectivity index is 2.09. The molecule has 1 saturated heterocycles. The van der Waals surface area contributed by atoms with Gasteiger partial charge in [-0.05, 0) is 25.7 Å². The maximum atomic E-state index is 11.8. The van der Waals surface area contributed by atoms with Crippen molar-refractivity contribution in [2.75, 3.05) is 44.7 Å². The molecular weight excluding hydrogens is 226 g/mol. The van der Waals surface area contributed by atoms with Gasteiger partial charge in [0.15, 0.2) is 5.78 Å². The van der Waals surface area contributed by atoms with Crippen molar-refractivity contribution in [2.24, 2.45) is 5.73 Å². The number of hydrogen-bond donors (Lipinski definition) is 1. The van der Waals surface area contributed by atoms with Gasteiger partial charge in [-0.3, -0.25) is 4.79 Å². The second kappa shape index (κ2) is 5.98. The molecule has 0 unspecified atom stereocenters. The molecule has 1 fully saturated rings. The summed E-state index contributed by atoms with van der Waals surface area (Å²) < 4.78 is 0. The summed E-state index contributed by atoms with van der Waals surface area (Å²) in [6, 6.07) is 7.89. The maximum Gasteiger partial charge on any atom is 0.164 e. The van der Waals surface area contributed by atoms with E-state index in [-0.39, 0.29) is 5.78 Å². The highest BCUT2D eigenvalue weighted by molar-refractivity contribution is 5.97. The van der Waals surface area contributed by atoms with Gasteiger partial charge in [-0.2, -0.15) is 0 Å². The Morgan fingerprint density at radius 1 is 1.28 bits per heavy atom. The highest BCUT2D eigenvalue weighted by Gasteiger charge is 2.15. The summed E-state index contributed by atoms with van der Waals surface area (Å²) in [6.45, 7) is 4.59. The standard InChI is InChI=1S/C14H21N3O/c1-16-7-9-17(10-8-16)13-4-2-3-12(11-13)14(18)5-6-15/h2-4,11H,5-10,15H2,1H3. The summed E-state index contributed by atoms with van der Waals surface area (Å²) in [5, 5.41) is 0. The van der Waals surface area contributed by atoms with Crippen LogP contribution in [0.1, 0.15) is 16.8 Å². The average molecular weight is 247 g/mol. The lowest BCUT2D eigenvalue weighted by atomic mass is 10.1. The van der Waals surface area contributed by atoms with E-state index in [4.69, 9.17) is 5.73 Å². The van der Waals surface area contributed by atoms with E-state index in [1.807, 2.05) is 18.2 Å². The normalized spacial score (nSPS) is 16.9. The van der Waals surface area contributed by atoms with Gasteiger partial charge in [0.2, 0.25) is 0 Å². The van der Waals surface area contributed by atoms with Crippen molar-refractivity contribution in [2.45, 2.75) is 6.42 Å². The maximum absolute atomic E-state index is 11.8. The van der Waals surface area contributed by atoms with Crippen LogP contribution < -0.4 is 10.6 Å². The van der Waals surface area contributed by atoms with Crippen molar-refractivity contribution in [1.29, 1.82) is 0 Å².